The van der Waals surface area contributed by atoms with E-state index in [1.807, 2.05) is 27.1 Å². The second-order valence-corrected chi connectivity index (χ2v) is 4.27. The molecule has 0 aliphatic heterocycles. The zero-order valence-electron chi connectivity index (χ0n) is 9.15. The van der Waals surface area contributed by atoms with Crippen molar-refractivity contribution in [3.05, 3.63) is 24.4 Å². The molecule has 80 valence electrons. The Morgan fingerprint density at radius 3 is 2.60 bits per heavy atom. The maximum absolute atomic E-state index is 5.94. The molecule has 2 aromatic rings. The number of nitrogens with two attached hydrogens (primary N) is 1. The lowest BCUT2D eigenvalue weighted by atomic mass is 10.1. The highest BCUT2D eigenvalue weighted by molar-refractivity contribution is 5.56. The van der Waals surface area contributed by atoms with Gasteiger partial charge in [0.05, 0.1) is 23.6 Å². The summed E-state index contributed by atoms with van der Waals surface area (Å²) < 4.78 is 1.75. The van der Waals surface area contributed by atoms with Crippen molar-refractivity contribution in [2.45, 2.75) is 19.4 Å². The molecule has 0 aliphatic carbocycles. The molecule has 15 heavy (non-hydrogen) atoms. The molecule has 0 bridgehead atoms. The van der Waals surface area contributed by atoms with Gasteiger partial charge in [0.1, 0.15) is 5.82 Å². The fourth-order valence-corrected chi connectivity index (χ4v) is 1.36. The summed E-state index contributed by atoms with van der Waals surface area (Å²) in [7, 11) is 1.88. The monoisotopic (exact) mass is 205 g/mol. The zero-order valence-corrected chi connectivity index (χ0v) is 9.15. The van der Waals surface area contributed by atoms with Crippen molar-refractivity contribution in [1.82, 2.24) is 19.7 Å². The molecule has 5 heteroatoms. The Bertz CT molecular complexity index is 460. The number of nitrogens with zero attached hydrogens (tertiary/aromatic N) is 3. The number of imidazole rings is 1. The van der Waals surface area contributed by atoms with Gasteiger partial charge in [0, 0.05) is 18.8 Å². The molecular weight excluding hydrogens is 190 g/mol. The van der Waals surface area contributed by atoms with Crippen LogP contribution in [0.4, 0.5) is 0 Å². The summed E-state index contributed by atoms with van der Waals surface area (Å²) in [4.78, 5) is 7.45. The molecule has 3 N–H and O–H groups in total. The maximum Gasteiger partial charge on any atom is 0.126 e. The summed E-state index contributed by atoms with van der Waals surface area (Å²) in [5.41, 5.74) is 7.45. The first kappa shape index (κ1) is 9.92. The highest BCUT2D eigenvalue weighted by Crippen LogP contribution is 2.19. The van der Waals surface area contributed by atoms with Crippen molar-refractivity contribution in [3.63, 3.8) is 0 Å². The van der Waals surface area contributed by atoms with Crippen LogP contribution >= 0.6 is 0 Å². The van der Waals surface area contributed by atoms with Crippen LogP contribution in [0, 0.1) is 0 Å². The Morgan fingerprint density at radius 1 is 1.40 bits per heavy atom. The number of aromatic amines is 1. The average molecular weight is 205 g/mol. The number of aryl methyl sites for hydroxylation is 1. The number of nitrogens with one attached hydrogen (secondary N) is 1. The predicted molar refractivity (Wildman–Crippen MR) is 58.0 cm³/mol. The van der Waals surface area contributed by atoms with Gasteiger partial charge in [-0.2, -0.15) is 5.10 Å². The van der Waals surface area contributed by atoms with Gasteiger partial charge in [-0.1, -0.05) is 0 Å². The first-order chi connectivity index (χ1) is 6.97. The number of aromatic nitrogens is 4. The summed E-state index contributed by atoms with van der Waals surface area (Å²) in [5, 5.41) is 4.10. The van der Waals surface area contributed by atoms with Crippen LogP contribution in [0.25, 0.3) is 11.3 Å². The lowest BCUT2D eigenvalue weighted by Crippen LogP contribution is -2.30. The number of hydrogen-bond donors (Lipinski definition) is 2. The molecule has 0 saturated carbocycles. The quantitative estimate of drug-likeness (QED) is 0.768. The number of rotatable bonds is 2. The Labute approximate surface area is 88.3 Å². The van der Waals surface area contributed by atoms with Crippen molar-refractivity contribution in [1.29, 1.82) is 0 Å². The van der Waals surface area contributed by atoms with Crippen LogP contribution in [-0.2, 0) is 12.6 Å². The third-order valence-electron chi connectivity index (χ3n) is 2.20. The number of hydrogen-bond acceptors (Lipinski definition) is 3. The van der Waals surface area contributed by atoms with Crippen LogP contribution in [0.1, 0.15) is 19.7 Å². The molecule has 0 aliphatic rings. The van der Waals surface area contributed by atoms with E-state index in [1.165, 1.54) is 0 Å². The van der Waals surface area contributed by atoms with E-state index >= 15 is 0 Å². The van der Waals surface area contributed by atoms with E-state index in [0.717, 1.165) is 17.1 Å². The third-order valence-corrected chi connectivity index (χ3v) is 2.20. The van der Waals surface area contributed by atoms with Gasteiger partial charge in [0.25, 0.3) is 0 Å². The number of H-pyrrole nitrogens is 1. The molecule has 0 radical (unpaired) electrons. The molecule has 0 fully saturated rings. The summed E-state index contributed by atoms with van der Waals surface area (Å²) in [6, 6.07) is 0. The van der Waals surface area contributed by atoms with Crippen molar-refractivity contribution < 1.29 is 0 Å². The highest BCUT2D eigenvalue weighted by atomic mass is 15.2. The Morgan fingerprint density at radius 2 is 2.13 bits per heavy atom. The SMILES string of the molecule is Cn1cc(-c2cnc(C(C)(C)N)[nH]2)cn1. The van der Waals surface area contributed by atoms with E-state index in [1.54, 1.807) is 17.1 Å². The van der Waals surface area contributed by atoms with Gasteiger partial charge in [-0.25, -0.2) is 4.98 Å². The molecule has 0 amide bonds. The van der Waals surface area contributed by atoms with Crippen LogP contribution in [-0.4, -0.2) is 19.7 Å². The normalized spacial score (nSPS) is 12.0. The van der Waals surface area contributed by atoms with Crippen molar-refractivity contribution in [2.75, 3.05) is 0 Å². The van der Waals surface area contributed by atoms with Gasteiger partial charge < -0.3 is 10.7 Å². The minimum Gasteiger partial charge on any atom is -0.340 e. The summed E-state index contributed by atoms with van der Waals surface area (Å²) in [6.45, 7) is 3.83. The third kappa shape index (κ3) is 1.92. The molecule has 0 saturated heterocycles. The molecule has 0 aromatic carbocycles. The van der Waals surface area contributed by atoms with Crippen LogP contribution in [0.15, 0.2) is 18.6 Å². The highest BCUT2D eigenvalue weighted by Gasteiger charge is 2.18. The molecule has 2 aromatic heterocycles. The van der Waals surface area contributed by atoms with Crippen molar-refractivity contribution in [2.24, 2.45) is 12.8 Å². The Balaban J connectivity index is 2.36. The summed E-state index contributed by atoms with van der Waals surface area (Å²) >= 11 is 0. The van der Waals surface area contributed by atoms with Gasteiger partial charge in [-0.3, -0.25) is 4.68 Å². The van der Waals surface area contributed by atoms with Crippen LogP contribution < -0.4 is 5.73 Å². The van der Waals surface area contributed by atoms with E-state index in [4.69, 9.17) is 5.73 Å². The lowest BCUT2D eigenvalue weighted by molar-refractivity contribution is 0.520. The standard InChI is InChI=1S/C10H15N5/c1-10(2,11)9-12-5-8(14-9)7-4-13-15(3)6-7/h4-6H,11H2,1-3H3,(H,12,14). The predicted octanol–water partition coefficient (Wildman–Crippen LogP) is 1.00. The molecule has 0 atom stereocenters. The second-order valence-electron chi connectivity index (χ2n) is 4.27. The van der Waals surface area contributed by atoms with Crippen LogP contribution in [0.5, 0.6) is 0 Å². The minimum absolute atomic E-state index is 0.444. The second kappa shape index (κ2) is 3.20. The fourth-order valence-electron chi connectivity index (χ4n) is 1.36. The first-order valence-corrected chi connectivity index (χ1v) is 4.80. The van der Waals surface area contributed by atoms with Crippen molar-refractivity contribution in [3.8, 4) is 11.3 Å². The first-order valence-electron chi connectivity index (χ1n) is 4.80. The van der Waals surface area contributed by atoms with Crippen molar-refractivity contribution >= 4 is 0 Å². The zero-order chi connectivity index (χ0) is 11.1. The van der Waals surface area contributed by atoms with Gasteiger partial charge in [0.15, 0.2) is 0 Å². The Kier molecular flexibility index (Phi) is 2.12. The van der Waals surface area contributed by atoms with E-state index in [0.29, 0.717) is 0 Å². The van der Waals surface area contributed by atoms with Gasteiger partial charge in [-0.05, 0) is 13.8 Å². The molecule has 0 spiro atoms. The van der Waals surface area contributed by atoms with Gasteiger partial charge in [-0.15, -0.1) is 0 Å². The molecule has 0 unspecified atom stereocenters. The van der Waals surface area contributed by atoms with E-state index in [-0.39, 0.29) is 0 Å². The molecule has 2 rings (SSSR count). The molecular formula is C10H15N5. The largest absolute Gasteiger partial charge is 0.340 e. The summed E-state index contributed by atoms with van der Waals surface area (Å²) in [6.07, 6.45) is 5.50. The smallest absolute Gasteiger partial charge is 0.126 e. The summed E-state index contributed by atoms with van der Waals surface area (Å²) in [5.74, 6) is 0.779. The van der Waals surface area contributed by atoms with E-state index in [9.17, 15) is 0 Å². The maximum atomic E-state index is 5.94. The Hall–Kier alpha value is -1.62. The topological polar surface area (TPSA) is 72.5 Å². The minimum atomic E-state index is -0.444. The average Bonchev–Trinajstić information content (AvgIpc) is 2.69. The molecule has 2 heterocycles. The van der Waals surface area contributed by atoms with Crippen LogP contribution in [0.2, 0.25) is 0 Å². The van der Waals surface area contributed by atoms with Gasteiger partial charge >= 0.3 is 0 Å². The molecule has 5 nitrogen and oxygen atoms in total. The lowest BCUT2D eigenvalue weighted by Gasteiger charge is -2.14. The fraction of sp³-hybridized carbons (Fsp3) is 0.400. The van der Waals surface area contributed by atoms with Crippen LogP contribution in [0.3, 0.4) is 0 Å². The van der Waals surface area contributed by atoms with E-state index < -0.39 is 5.54 Å². The van der Waals surface area contributed by atoms with Gasteiger partial charge in [0.2, 0.25) is 0 Å². The van der Waals surface area contributed by atoms with E-state index in [2.05, 4.69) is 15.1 Å².